The molecule has 0 bridgehead atoms. The Hall–Kier alpha value is -3.27. The molecule has 2 atom stereocenters. The van der Waals surface area contributed by atoms with Gasteiger partial charge >= 0.3 is 0 Å². The van der Waals surface area contributed by atoms with Crippen molar-refractivity contribution >= 4 is 50.7 Å². The van der Waals surface area contributed by atoms with E-state index in [2.05, 4.69) is 5.32 Å². The number of carbonyl (C=O) groups excluding carboxylic acids is 2. The molecule has 0 heterocycles. The Morgan fingerprint density at radius 2 is 1.59 bits per heavy atom. The molecule has 0 aliphatic heterocycles. The lowest BCUT2D eigenvalue weighted by molar-refractivity contribution is -0.140. The van der Waals surface area contributed by atoms with Crippen LogP contribution in [0.25, 0.3) is 0 Å². The SMILES string of the molecule is CCC(C)NC(=O)C(CC)N(Cc1ccc(OC)cc1)C(=O)CN(c1cccc(Cl)c1)S(=O)(=O)c1ccc(Cl)cc1. The first-order valence-electron chi connectivity index (χ1n) is 13.3. The molecule has 0 aliphatic carbocycles. The van der Waals surface area contributed by atoms with Crippen LogP contribution in [0.4, 0.5) is 5.69 Å². The van der Waals surface area contributed by atoms with Crippen LogP contribution in [-0.4, -0.2) is 50.9 Å². The second-order valence-corrected chi connectivity index (χ2v) is 12.3. The first-order chi connectivity index (χ1) is 19.5. The molecule has 0 saturated heterocycles. The molecule has 8 nitrogen and oxygen atoms in total. The Labute approximate surface area is 252 Å². The molecule has 0 fully saturated rings. The Morgan fingerprint density at radius 3 is 2.15 bits per heavy atom. The van der Waals surface area contributed by atoms with Crippen LogP contribution in [0.15, 0.2) is 77.7 Å². The first-order valence-corrected chi connectivity index (χ1v) is 15.5. The summed E-state index contributed by atoms with van der Waals surface area (Å²) in [4.78, 5) is 28.8. The summed E-state index contributed by atoms with van der Waals surface area (Å²) < 4.78 is 34.0. The van der Waals surface area contributed by atoms with E-state index in [1.807, 2.05) is 20.8 Å². The van der Waals surface area contributed by atoms with Gasteiger partial charge in [-0.3, -0.25) is 13.9 Å². The number of benzene rings is 3. The summed E-state index contributed by atoms with van der Waals surface area (Å²) in [6, 6.07) is 18.2. The van der Waals surface area contributed by atoms with E-state index < -0.39 is 28.5 Å². The average Bonchev–Trinajstić information content (AvgIpc) is 2.96. The lowest BCUT2D eigenvalue weighted by atomic mass is 10.1. The topological polar surface area (TPSA) is 96.0 Å². The summed E-state index contributed by atoms with van der Waals surface area (Å²) >= 11 is 12.2. The first kappa shape index (κ1) is 32.2. The molecule has 3 aromatic carbocycles. The number of nitrogens with zero attached hydrogens (tertiary/aromatic N) is 2. The van der Waals surface area contributed by atoms with E-state index in [9.17, 15) is 18.0 Å². The molecule has 0 spiro atoms. The molecule has 2 amide bonds. The minimum absolute atomic E-state index is 0.0436. The molecule has 3 aromatic rings. The van der Waals surface area contributed by atoms with Gasteiger partial charge in [0, 0.05) is 22.6 Å². The second-order valence-electron chi connectivity index (χ2n) is 9.56. The zero-order valence-corrected chi connectivity index (χ0v) is 25.8. The normalized spacial score (nSPS) is 12.7. The Balaban J connectivity index is 2.05. The third-order valence-electron chi connectivity index (χ3n) is 6.68. The van der Waals surface area contributed by atoms with Gasteiger partial charge in [-0.1, -0.05) is 55.2 Å². The molecule has 11 heteroatoms. The predicted molar refractivity (Wildman–Crippen MR) is 163 cm³/mol. The van der Waals surface area contributed by atoms with Crippen molar-refractivity contribution in [1.29, 1.82) is 0 Å². The minimum atomic E-state index is -4.22. The van der Waals surface area contributed by atoms with E-state index in [-0.39, 0.29) is 29.1 Å². The van der Waals surface area contributed by atoms with E-state index in [4.69, 9.17) is 27.9 Å². The maximum absolute atomic E-state index is 14.1. The molecular formula is C30H35Cl2N3O5S. The van der Waals surface area contributed by atoms with E-state index in [1.54, 1.807) is 49.6 Å². The number of carbonyl (C=O) groups is 2. The van der Waals surface area contributed by atoms with Gasteiger partial charge in [-0.05, 0) is 79.9 Å². The van der Waals surface area contributed by atoms with Gasteiger partial charge < -0.3 is 15.0 Å². The number of sulfonamides is 1. The Morgan fingerprint density at radius 1 is 0.927 bits per heavy atom. The average molecular weight is 621 g/mol. The van der Waals surface area contributed by atoms with Crippen molar-refractivity contribution in [2.45, 2.75) is 57.1 Å². The lowest BCUT2D eigenvalue weighted by Crippen LogP contribution is -2.53. The Bertz CT molecular complexity index is 1430. The monoisotopic (exact) mass is 619 g/mol. The fraction of sp³-hybridized carbons (Fsp3) is 0.333. The molecule has 0 aliphatic rings. The standard InChI is InChI=1S/C30H35Cl2N3O5S/c1-5-21(3)33-30(37)28(6-2)34(19-22-10-14-26(40-4)15-11-22)29(36)20-35(25-9-7-8-24(32)18-25)41(38,39)27-16-12-23(31)13-17-27/h7-18,21,28H,5-6,19-20H2,1-4H3,(H,33,37). The highest BCUT2D eigenvalue weighted by Crippen LogP contribution is 2.28. The van der Waals surface area contributed by atoms with Crippen molar-refractivity contribution in [3.63, 3.8) is 0 Å². The summed E-state index contributed by atoms with van der Waals surface area (Å²) in [6.45, 7) is 5.18. The summed E-state index contributed by atoms with van der Waals surface area (Å²) in [5.74, 6) is -0.211. The molecule has 0 aromatic heterocycles. The van der Waals surface area contributed by atoms with Gasteiger partial charge in [0.1, 0.15) is 18.3 Å². The van der Waals surface area contributed by atoms with E-state index in [0.29, 0.717) is 22.2 Å². The maximum atomic E-state index is 14.1. The van der Waals surface area contributed by atoms with Crippen LogP contribution in [0.2, 0.25) is 10.0 Å². The van der Waals surface area contributed by atoms with Gasteiger partial charge in [-0.25, -0.2) is 8.42 Å². The van der Waals surface area contributed by atoms with Crippen molar-refractivity contribution < 1.29 is 22.7 Å². The van der Waals surface area contributed by atoms with Crippen LogP contribution in [0.3, 0.4) is 0 Å². The number of rotatable bonds is 13. The second kappa shape index (κ2) is 14.6. The van der Waals surface area contributed by atoms with Crippen molar-refractivity contribution in [2.24, 2.45) is 0 Å². The summed E-state index contributed by atoms with van der Waals surface area (Å²) in [5.41, 5.74) is 0.964. The molecule has 0 radical (unpaired) electrons. The summed E-state index contributed by atoms with van der Waals surface area (Å²) in [6.07, 6.45) is 1.04. The van der Waals surface area contributed by atoms with E-state index >= 15 is 0 Å². The van der Waals surface area contributed by atoms with Crippen molar-refractivity contribution in [2.75, 3.05) is 18.0 Å². The van der Waals surface area contributed by atoms with Crippen molar-refractivity contribution in [3.8, 4) is 5.75 Å². The third-order valence-corrected chi connectivity index (χ3v) is 8.95. The van der Waals surface area contributed by atoms with Gasteiger partial charge in [-0.2, -0.15) is 0 Å². The van der Waals surface area contributed by atoms with Crippen LogP contribution < -0.4 is 14.4 Å². The number of hydrogen-bond acceptors (Lipinski definition) is 5. The maximum Gasteiger partial charge on any atom is 0.264 e. The van der Waals surface area contributed by atoms with Crippen LogP contribution in [0.5, 0.6) is 5.75 Å². The number of nitrogens with one attached hydrogen (secondary N) is 1. The quantitative estimate of drug-likeness (QED) is 0.256. The van der Waals surface area contributed by atoms with Gasteiger partial charge in [0.2, 0.25) is 11.8 Å². The highest BCUT2D eigenvalue weighted by molar-refractivity contribution is 7.92. The Kier molecular flexibility index (Phi) is 11.5. The summed E-state index contributed by atoms with van der Waals surface area (Å²) in [7, 11) is -2.66. The van der Waals surface area contributed by atoms with Crippen molar-refractivity contribution in [1.82, 2.24) is 10.2 Å². The number of methoxy groups -OCH3 is 1. The van der Waals surface area contributed by atoms with Crippen LogP contribution in [0.1, 0.15) is 39.2 Å². The number of amides is 2. The molecule has 2 unspecified atom stereocenters. The number of ether oxygens (including phenoxy) is 1. The van der Waals surface area contributed by atoms with Gasteiger partial charge in [-0.15, -0.1) is 0 Å². The van der Waals surface area contributed by atoms with E-state index in [1.165, 1.54) is 35.2 Å². The zero-order valence-electron chi connectivity index (χ0n) is 23.5. The highest BCUT2D eigenvalue weighted by atomic mass is 35.5. The van der Waals surface area contributed by atoms with Crippen LogP contribution >= 0.6 is 23.2 Å². The fourth-order valence-corrected chi connectivity index (χ4v) is 5.90. The zero-order chi connectivity index (χ0) is 30.2. The molecule has 41 heavy (non-hydrogen) atoms. The third kappa shape index (κ3) is 8.38. The molecule has 3 rings (SSSR count). The highest BCUT2D eigenvalue weighted by Gasteiger charge is 2.34. The number of anilines is 1. The largest absolute Gasteiger partial charge is 0.497 e. The van der Waals surface area contributed by atoms with E-state index in [0.717, 1.165) is 16.3 Å². The smallest absolute Gasteiger partial charge is 0.264 e. The van der Waals surface area contributed by atoms with Crippen LogP contribution in [-0.2, 0) is 26.2 Å². The molecule has 1 N–H and O–H groups in total. The van der Waals surface area contributed by atoms with Crippen LogP contribution in [0, 0.1) is 0 Å². The lowest BCUT2D eigenvalue weighted by Gasteiger charge is -2.33. The predicted octanol–water partition coefficient (Wildman–Crippen LogP) is 5.92. The molecule has 0 saturated carbocycles. The summed E-state index contributed by atoms with van der Waals surface area (Å²) in [5, 5.41) is 3.64. The molecular weight excluding hydrogens is 585 g/mol. The van der Waals surface area contributed by atoms with Crippen molar-refractivity contribution in [3.05, 3.63) is 88.4 Å². The minimum Gasteiger partial charge on any atom is -0.497 e. The number of hydrogen-bond donors (Lipinski definition) is 1. The van der Waals surface area contributed by atoms with Gasteiger partial charge in [0.05, 0.1) is 17.7 Å². The van der Waals surface area contributed by atoms with Gasteiger partial charge in [0.15, 0.2) is 0 Å². The number of halogens is 2. The fourth-order valence-electron chi connectivity index (χ4n) is 4.18. The van der Waals surface area contributed by atoms with Gasteiger partial charge in [0.25, 0.3) is 10.0 Å². The molecule has 220 valence electrons.